The Bertz CT molecular complexity index is 1300. The normalized spacial score (nSPS) is 12.4. The standard InChI is InChI=1S/C32H43NO4S/c1-4-7-8-10-16-26(15-5-2)21-23-38(35,36)31-20-14-13-19-28(31)30-25-33(37-22-6-3)24-29(32(30)34)27-17-11-9-12-18-27/h9,11-14,17-20,24-26H,4-8,10,15-16,21-23H2,1-3H3. The number of aromatic nitrogens is 1. The van der Waals surface area contributed by atoms with E-state index < -0.39 is 9.84 Å². The van der Waals surface area contributed by atoms with Crippen molar-refractivity contribution in [2.45, 2.75) is 83.5 Å². The zero-order valence-corrected chi connectivity index (χ0v) is 24.0. The third-order valence-electron chi connectivity index (χ3n) is 7.00. The minimum atomic E-state index is -3.60. The molecular formula is C32H43NO4S. The van der Waals surface area contributed by atoms with Crippen molar-refractivity contribution >= 4 is 9.84 Å². The first kappa shape index (κ1) is 29.7. The summed E-state index contributed by atoms with van der Waals surface area (Å²) < 4.78 is 28.9. The molecule has 5 nitrogen and oxygen atoms in total. The summed E-state index contributed by atoms with van der Waals surface area (Å²) >= 11 is 0. The van der Waals surface area contributed by atoms with Crippen LogP contribution in [0, 0.1) is 5.92 Å². The first-order valence-corrected chi connectivity index (χ1v) is 15.8. The first-order chi connectivity index (χ1) is 18.4. The molecule has 0 aliphatic rings. The van der Waals surface area contributed by atoms with Crippen LogP contribution >= 0.6 is 0 Å². The van der Waals surface area contributed by atoms with Crippen LogP contribution in [-0.4, -0.2) is 25.5 Å². The van der Waals surface area contributed by atoms with E-state index in [1.54, 1.807) is 41.4 Å². The average Bonchev–Trinajstić information content (AvgIpc) is 2.94. The molecule has 38 heavy (non-hydrogen) atoms. The molecule has 0 aliphatic carbocycles. The van der Waals surface area contributed by atoms with Crippen LogP contribution in [0.25, 0.3) is 22.3 Å². The van der Waals surface area contributed by atoms with E-state index in [1.165, 1.54) is 19.3 Å². The van der Waals surface area contributed by atoms with Crippen LogP contribution < -0.4 is 10.3 Å². The van der Waals surface area contributed by atoms with E-state index in [-0.39, 0.29) is 16.1 Å². The molecule has 1 heterocycles. The zero-order chi connectivity index (χ0) is 27.4. The van der Waals surface area contributed by atoms with E-state index in [1.807, 2.05) is 37.3 Å². The third kappa shape index (κ3) is 8.07. The molecular weight excluding hydrogens is 494 g/mol. The molecule has 3 rings (SSSR count). The predicted octanol–water partition coefficient (Wildman–Crippen LogP) is 7.57. The summed E-state index contributed by atoms with van der Waals surface area (Å²) in [4.78, 5) is 19.8. The maximum Gasteiger partial charge on any atom is 0.197 e. The molecule has 0 N–H and O–H groups in total. The zero-order valence-electron chi connectivity index (χ0n) is 23.2. The fourth-order valence-corrected chi connectivity index (χ4v) is 6.60. The van der Waals surface area contributed by atoms with Gasteiger partial charge in [-0.15, -0.1) is 0 Å². The van der Waals surface area contributed by atoms with Gasteiger partial charge in [0, 0.05) is 11.1 Å². The highest BCUT2D eigenvalue weighted by molar-refractivity contribution is 7.91. The molecule has 1 atom stereocenters. The summed E-state index contributed by atoms with van der Waals surface area (Å²) in [5.74, 6) is 0.487. The summed E-state index contributed by atoms with van der Waals surface area (Å²) in [5.41, 5.74) is 1.78. The number of hydrogen-bond acceptors (Lipinski definition) is 4. The minimum absolute atomic E-state index is 0.0847. The van der Waals surface area contributed by atoms with Gasteiger partial charge in [-0.1, -0.05) is 114 Å². The van der Waals surface area contributed by atoms with E-state index in [2.05, 4.69) is 13.8 Å². The lowest BCUT2D eigenvalue weighted by atomic mass is 9.94. The van der Waals surface area contributed by atoms with Crippen LogP contribution in [0.3, 0.4) is 0 Å². The van der Waals surface area contributed by atoms with Gasteiger partial charge in [0.05, 0.1) is 28.6 Å². The number of unbranched alkanes of at least 4 members (excludes halogenated alkanes) is 3. The van der Waals surface area contributed by atoms with Gasteiger partial charge in [-0.3, -0.25) is 4.79 Å². The van der Waals surface area contributed by atoms with Gasteiger partial charge in [-0.2, -0.15) is 4.73 Å². The second kappa shape index (κ2) is 14.9. The molecule has 3 aromatic rings. The molecule has 0 radical (unpaired) electrons. The van der Waals surface area contributed by atoms with E-state index in [0.29, 0.717) is 35.6 Å². The fourth-order valence-electron chi connectivity index (χ4n) is 4.93. The lowest BCUT2D eigenvalue weighted by molar-refractivity contribution is 0.110. The smallest absolute Gasteiger partial charge is 0.197 e. The molecule has 6 heteroatoms. The largest absolute Gasteiger partial charge is 0.414 e. The van der Waals surface area contributed by atoms with Crippen molar-refractivity contribution in [3.8, 4) is 22.3 Å². The second-order valence-corrected chi connectivity index (χ2v) is 12.2. The molecule has 0 saturated heterocycles. The molecule has 0 amide bonds. The van der Waals surface area contributed by atoms with Crippen molar-refractivity contribution in [2.24, 2.45) is 5.92 Å². The topological polar surface area (TPSA) is 65.4 Å². The van der Waals surface area contributed by atoms with Crippen molar-refractivity contribution < 1.29 is 13.3 Å². The summed E-state index contributed by atoms with van der Waals surface area (Å²) in [6.45, 7) is 6.86. The first-order valence-electron chi connectivity index (χ1n) is 14.2. The third-order valence-corrected chi connectivity index (χ3v) is 8.80. The Balaban J connectivity index is 1.97. The summed E-state index contributed by atoms with van der Waals surface area (Å²) in [6.07, 6.45) is 12.7. The molecule has 1 aromatic heterocycles. The SMILES string of the molecule is CCCCCCC(CCC)CCS(=O)(=O)c1ccccc1-c1cn(OCCC)cc(-c2ccccc2)c1=O. The van der Waals surface area contributed by atoms with Gasteiger partial charge in [0.2, 0.25) is 0 Å². The summed E-state index contributed by atoms with van der Waals surface area (Å²) in [7, 11) is -3.60. The van der Waals surface area contributed by atoms with Crippen molar-refractivity contribution in [1.82, 2.24) is 4.73 Å². The number of sulfone groups is 1. The molecule has 1 unspecified atom stereocenters. The van der Waals surface area contributed by atoms with Gasteiger partial charge in [0.15, 0.2) is 15.3 Å². The van der Waals surface area contributed by atoms with Crippen LogP contribution in [0.15, 0.2) is 76.7 Å². The highest BCUT2D eigenvalue weighted by Gasteiger charge is 2.23. The maximum atomic E-state index is 13.7. The van der Waals surface area contributed by atoms with Crippen LogP contribution in [0.5, 0.6) is 0 Å². The van der Waals surface area contributed by atoms with Crippen molar-refractivity contribution in [3.63, 3.8) is 0 Å². The van der Waals surface area contributed by atoms with Crippen LogP contribution in [-0.2, 0) is 9.84 Å². The molecule has 0 bridgehead atoms. The molecule has 2 aromatic carbocycles. The Labute approximate surface area is 228 Å². The number of nitrogens with zero attached hydrogens (tertiary/aromatic N) is 1. The summed E-state index contributed by atoms with van der Waals surface area (Å²) in [6, 6.07) is 16.3. The molecule has 0 aliphatic heterocycles. The van der Waals surface area contributed by atoms with Crippen LogP contribution in [0.1, 0.15) is 78.6 Å². The van der Waals surface area contributed by atoms with Gasteiger partial charge in [0.25, 0.3) is 0 Å². The number of benzene rings is 2. The predicted molar refractivity (Wildman–Crippen MR) is 157 cm³/mol. The number of rotatable bonds is 16. The number of pyridine rings is 1. The summed E-state index contributed by atoms with van der Waals surface area (Å²) in [5, 5.41) is 0. The monoisotopic (exact) mass is 537 g/mol. The van der Waals surface area contributed by atoms with Crippen LogP contribution in [0.4, 0.5) is 0 Å². The second-order valence-electron chi connectivity index (χ2n) is 10.1. The van der Waals surface area contributed by atoms with Gasteiger partial charge < -0.3 is 4.84 Å². The van der Waals surface area contributed by atoms with Gasteiger partial charge in [-0.05, 0) is 30.4 Å². The molecule has 0 spiro atoms. The fraction of sp³-hybridized carbons (Fsp3) is 0.469. The average molecular weight is 538 g/mol. The van der Waals surface area contributed by atoms with Crippen molar-refractivity contribution in [3.05, 3.63) is 77.2 Å². The Kier molecular flexibility index (Phi) is 11.7. The van der Waals surface area contributed by atoms with E-state index in [4.69, 9.17) is 4.84 Å². The van der Waals surface area contributed by atoms with Gasteiger partial charge in [-0.25, -0.2) is 8.42 Å². The van der Waals surface area contributed by atoms with E-state index in [9.17, 15) is 13.2 Å². The van der Waals surface area contributed by atoms with Gasteiger partial charge in [0.1, 0.15) is 6.61 Å². The Morgan fingerprint density at radius 3 is 2.16 bits per heavy atom. The minimum Gasteiger partial charge on any atom is -0.414 e. The Hall–Kier alpha value is -2.86. The highest BCUT2D eigenvalue weighted by Crippen LogP contribution is 2.30. The quantitative estimate of drug-likeness (QED) is 0.177. The van der Waals surface area contributed by atoms with Crippen molar-refractivity contribution in [1.29, 1.82) is 0 Å². The molecule has 0 saturated carbocycles. The highest BCUT2D eigenvalue weighted by atomic mass is 32.2. The van der Waals surface area contributed by atoms with E-state index in [0.717, 1.165) is 37.7 Å². The van der Waals surface area contributed by atoms with E-state index >= 15 is 0 Å². The molecule has 206 valence electrons. The molecule has 0 fully saturated rings. The Morgan fingerprint density at radius 2 is 1.45 bits per heavy atom. The van der Waals surface area contributed by atoms with Crippen LogP contribution in [0.2, 0.25) is 0 Å². The van der Waals surface area contributed by atoms with Crippen molar-refractivity contribution in [2.75, 3.05) is 12.4 Å². The lowest BCUT2D eigenvalue weighted by Gasteiger charge is -2.18. The van der Waals surface area contributed by atoms with Gasteiger partial charge >= 0.3 is 0 Å². The number of hydrogen-bond donors (Lipinski definition) is 0. The Morgan fingerprint density at radius 1 is 0.737 bits per heavy atom. The lowest BCUT2D eigenvalue weighted by Crippen LogP contribution is -2.20. The maximum absolute atomic E-state index is 13.7.